The number of sulfonamides is 2. The summed E-state index contributed by atoms with van der Waals surface area (Å²) in [5.74, 6) is -1.49. The van der Waals surface area contributed by atoms with Crippen LogP contribution in [0.15, 0.2) is 100 Å². The molecule has 4 aromatic rings. The predicted molar refractivity (Wildman–Crippen MR) is 165 cm³/mol. The average Bonchev–Trinajstić information content (AvgIpc) is 3.38. The molecule has 1 atom stereocenters. The molecule has 0 radical (unpaired) electrons. The largest absolute Gasteiger partial charge is 0.351 e. The molecule has 1 aliphatic carbocycles. The molecule has 1 aliphatic rings. The molecule has 1 unspecified atom stereocenters. The van der Waals surface area contributed by atoms with Crippen LogP contribution in [0.1, 0.15) is 12.0 Å². The smallest absolute Gasteiger partial charge is 0.277 e. The fraction of sp³-hybridized carbons (Fsp3) is 0.143. The van der Waals surface area contributed by atoms with Gasteiger partial charge in [0, 0.05) is 11.6 Å². The molecule has 1 heterocycles. The molecule has 0 saturated carbocycles. The lowest BCUT2D eigenvalue weighted by Crippen LogP contribution is -2.42. The summed E-state index contributed by atoms with van der Waals surface area (Å²) in [5, 5.41) is 2.04. The summed E-state index contributed by atoms with van der Waals surface area (Å²) in [6, 6.07) is 15.0. The number of hydrogen-bond acceptors (Lipinski definition) is 8. The third kappa shape index (κ3) is 7.10. The average molecular weight is 682 g/mol. The molecule has 0 bridgehead atoms. The molecule has 1 amide bonds. The lowest BCUT2D eigenvalue weighted by atomic mass is 10.2. The Bertz CT molecular complexity index is 1950. The lowest BCUT2D eigenvalue weighted by Gasteiger charge is -2.27. The predicted octanol–water partition coefficient (Wildman–Crippen LogP) is 6.20. The quantitative estimate of drug-likeness (QED) is 0.198. The summed E-state index contributed by atoms with van der Waals surface area (Å²) in [5.41, 5.74) is 1.16. The van der Waals surface area contributed by atoms with Gasteiger partial charge < -0.3 is 5.32 Å². The van der Waals surface area contributed by atoms with Crippen molar-refractivity contribution >= 4 is 76.6 Å². The van der Waals surface area contributed by atoms with Crippen LogP contribution in [0.25, 0.3) is 10.2 Å². The van der Waals surface area contributed by atoms with Gasteiger partial charge in [-0.15, -0.1) is 11.3 Å². The second-order valence-corrected chi connectivity index (χ2v) is 16.0. The van der Waals surface area contributed by atoms with E-state index >= 15 is 0 Å². The van der Waals surface area contributed by atoms with Gasteiger partial charge >= 0.3 is 0 Å². The van der Waals surface area contributed by atoms with E-state index in [9.17, 15) is 30.4 Å². The second-order valence-electron chi connectivity index (χ2n) is 9.25. The van der Waals surface area contributed by atoms with Crippen LogP contribution in [0.3, 0.4) is 0 Å². The van der Waals surface area contributed by atoms with Gasteiger partial charge in [-0.05, 0) is 78.7 Å². The van der Waals surface area contributed by atoms with Crippen molar-refractivity contribution in [2.45, 2.75) is 27.5 Å². The van der Waals surface area contributed by atoms with E-state index in [-0.39, 0.29) is 23.8 Å². The van der Waals surface area contributed by atoms with E-state index in [0.717, 1.165) is 59.4 Å². The summed E-state index contributed by atoms with van der Waals surface area (Å²) in [7, 11) is -9.42. The summed E-state index contributed by atoms with van der Waals surface area (Å²) < 4.78 is 83.5. The molecule has 15 heteroatoms. The second kappa shape index (κ2) is 12.7. The van der Waals surface area contributed by atoms with Crippen molar-refractivity contribution in [2.24, 2.45) is 0 Å². The number of thioether (sulfide) groups is 1. The standard InChI is InChI=1S/C28H22ClF2N3O5S4/c29-19-3-1-18(2-4-19)16-32-27(35)17-40-28-33-25-14-9-22(15-26(25)41-28)34(42(36,37)23-10-5-20(30)6-11-23)43(38,39)24-12-7-21(31)8-13-24/h1-12,14-15,24H,13,16-17H2,(H,32,35). The van der Waals surface area contributed by atoms with Crippen molar-refractivity contribution in [3.8, 4) is 0 Å². The number of thiazole rings is 1. The molecule has 3 aromatic carbocycles. The van der Waals surface area contributed by atoms with Crippen LogP contribution in [0.5, 0.6) is 0 Å². The Hall–Kier alpha value is -3.30. The van der Waals surface area contributed by atoms with Gasteiger partial charge in [-0.3, -0.25) is 4.79 Å². The van der Waals surface area contributed by atoms with E-state index < -0.39 is 41.8 Å². The molecule has 43 heavy (non-hydrogen) atoms. The number of benzene rings is 3. The molecule has 0 aliphatic heterocycles. The van der Waals surface area contributed by atoms with Crippen molar-refractivity contribution in [3.05, 3.63) is 107 Å². The minimum absolute atomic E-state index is 0.0673. The van der Waals surface area contributed by atoms with Gasteiger partial charge in [-0.25, -0.2) is 30.6 Å². The number of amides is 1. The zero-order valence-electron chi connectivity index (χ0n) is 22.0. The number of halogens is 3. The van der Waals surface area contributed by atoms with Crippen LogP contribution in [0, 0.1) is 5.82 Å². The van der Waals surface area contributed by atoms with E-state index in [2.05, 4.69) is 10.3 Å². The molecule has 224 valence electrons. The molecule has 8 nitrogen and oxygen atoms in total. The van der Waals surface area contributed by atoms with Gasteiger partial charge in [-0.2, -0.15) is 3.71 Å². The normalized spacial score (nSPS) is 15.3. The van der Waals surface area contributed by atoms with E-state index in [1.54, 1.807) is 24.3 Å². The number of nitrogens with zero attached hydrogens (tertiary/aromatic N) is 2. The summed E-state index contributed by atoms with van der Waals surface area (Å²) >= 11 is 8.22. The Morgan fingerprint density at radius 1 is 1.05 bits per heavy atom. The van der Waals surface area contributed by atoms with Crippen LogP contribution < -0.4 is 9.03 Å². The monoisotopic (exact) mass is 681 g/mol. The highest BCUT2D eigenvalue weighted by atomic mass is 35.5. The van der Waals surface area contributed by atoms with Gasteiger partial charge in [0.05, 0.1) is 26.6 Å². The molecule has 1 N–H and O–H groups in total. The van der Waals surface area contributed by atoms with E-state index in [4.69, 9.17) is 11.6 Å². The maximum absolute atomic E-state index is 13.8. The zero-order chi connectivity index (χ0) is 30.8. The molecular weight excluding hydrogens is 660 g/mol. The van der Waals surface area contributed by atoms with Crippen LogP contribution in [0.2, 0.25) is 5.02 Å². The zero-order valence-corrected chi connectivity index (χ0v) is 26.0. The van der Waals surface area contributed by atoms with Gasteiger partial charge in [0.1, 0.15) is 16.9 Å². The minimum Gasteiger partial charge on any atom is -0.351 e. The maximum Gasteiger partial charge on any atom is 0.277 e. The summed E-state index contributed by atoms with van der Waals surface area (Å²) in [6.45, 7) is 0.325. The molecule has 0 saturated heterocycles. The van der Waals surface area contributed by atoms with Crippen molar-refractivity contribution in [3.63, 3.8) is 0 Å². The Balaban J connectivity index is 1.41. The Kier molecular flexibility index (Phi) is 9.23. The fourth-order valence-corrected chi connectivity index (χ4v) is 10.2. The highest BCUT2D eigenvalue weighted by Crippen LogP contribution is 2.36. The lowest BCUT2D eigenvalue weighted by molar-refractivity contribution is -0.118. The van der Waals surface area contributed by atoms with E-state index in [0.29, 0.717) is 29.8 Å². The van der Waals surface area contributed by atoms with Crippen molar-refractivity contribution < 1.29 is 30.4 Å². The minimum atomic E-state index is -4.76. The number of carbonyl (C=O) groups excluding carboxylic acids is 1. The number of hydrogen-bond donors (Lipinski definition) is 1. The molecule has 1 aromatic heterocycles. The van der Waals surface area contributed by atoms with Crippen LogP contribution in [0.4, 0.5) is 14.5 Å². The van der Waals surface area contributed by atoms with Gasteiger partial charge in [0.25, 0.3) is 20.0 Å². The van der Waals surface area contributed by atoms with E-state index in [1.165, 1.54) is 30.0 Å². The van der Waals surface area contributed by atoms with Crippen molar-refractivity contribution in [2.75, 3.05) is 9.46 Å². The fourth-order valence-electron chi connectivity index (χ4n) is 4.09. The number of carbonyl (C=O) groups is 1. The first-order valence-electron chi connectivity index (χ1n) is 12.6. The molecular formula is C28H22ClF2N3O5S4. The first-order valence-corrected chi connectivity index (χ1v) is 17.7. The van der Waals surface area contributed by atoms with Crippen LogP contribution in [-0.2, 0) is 31.4 Å². The highest BCUT2D eigenvalue weighted by molar-refractivity contribution is 8.10. The number of nitrogens with one attached hydrogen (secondary N) is 1. The number of aromatic nitrogens is 1. The number of rotatable bonds is 10. The Morgan fingerprint density at radius 2 is 1.77 bits per heavy atom. The molecule has 0 spiro atoms. The number of anilines is 1. The van der Waals surface area contributed by atoms with Gasteiger partial charge in [0.15, 0.2) is 4.34 Å². The van der Waals surface area contributed by atoms with Crippen molar-refractivity contribution in [1.29, 1.82) is 0 Å². The first-order chi connectivity index (χ1) is 20.4. The van der Waals surface area contributed by atoms with Gasteiger partial charge in [-0.1, -0.05) is 41.6 Å². The van der Waals surface area contributed by atoms with Gasteiger partial charge in [0.2, 0.25) is 5.91 Å². The van der Waals surface area contributed by atoms with E-state index in [1.807, 2.05) is 0 Å². The Labute approximate surface area is 260 Å². The summed E-state index contributed by atoms with van der Waals surface area (Å²) in [4.78, 5) is 16.4. The third-order valence-corrected chi connectivity index (χ3v) is 13.2. The maximum atomic E-state index is 13.8. The number of fused-ring (bicyclic) bond motifs is 1. The molecule has 5 rings (SSSR count). The Morgan fingerprint density at radius 3 is 2.44 bits per heavy atom. The number of allylic oxidation sites excluding steroid dienone is 3. The summed E-state index contributed by atoms with van der Waals surface area (Å²) in [6.07, 6.45) is 2.85. The molecule has 0 fully saturated rings. The topological polar surface area (TPSA) is 114 Å². The third-order valence-electron chi connectivity index (χ3n) is 6.25. The van der Waals surface area contributed by atoms with Crippen LogP contribution >= 0.6 is 34.7 Å². The van der Waals surface area contributed by atoms with Crippen molar-refractivity contribution in [1.82, 2.24) is 10.3 Å². The van der Waals surface area contributed by atoms with Crippen LogP contribution in [-0.4, -0.2) is 38.7 Å². The highest BCUT2D eigenvalue weighted by Gasteiger charge is 2.40. The SMILES string of the molecule is O=C(CSc1nc2ccc(N(S(=O)(=O)c3ccc(F)cc3)S(=O)(=O)C3C=CC(F)=CC3)cc2s1)NCc1ccc(Cl)cc1. The first kappa shape index (κ1) is 31.1.